The van der Waals surface area contributed by atoms with E-state index in [1.54, 1.807) is 19.3 Å². The molecule has 1 amide bonds. The van der Waals surface area contributed by atoms with Crippen LogP contribution in [0.1, 0.15) is 58.4 Å². The molecular formula is C22H31NO4. The van der Waals surface area contributed by atoms with Crippen molar-refractivity contribution >= 4 is 18.0 Å². The molecule has 0 spiro atoms. The van der Waals surface area contributed by atoms with Gasteiger partial charge in [-0.05, 0) is 69.7 Å². The van der Waals surface area contributed by atoms with Gasteiger partial charge < -0.3 is 14.8 Å². The Labute approximate surface area is 162 Å². The second-order valence-corrected chi connectivity index (χ2v) is 7.73. The Hall–Kier alpha value is -2.30. The first-order chi connectivity index (χ1) is 12.8. The Morgan fingerprint density at radius 1 is 1.15 bits per heavy atom. The maximum absolute atomic E-state index is 12.2. The van der Waals surface area contributed by atoms with Crippen LogP contribution in [0.15, 0.2) is 30.3 Å². The summed E-state index contributed by atoms with van der Waals surface area (Å²) in [5.41, 5.74) is 0.511. The van der Waals surface area contributed by atoms with Gasteiger partial charge in [0.15, 0.2) is 0 Å². The summed E-state index contributed by atoms with van der Waals surface area (Å²) < 4.78 is 10.8. The van der Waals surface area contributed by atoms with Crippen molar-refractivity contribution in [1.29, 1.82) is 0 Å². The van der Waals surface area contributed by atoms with Gasteiger partial charge in [0, 0.05) is 12.1 Å². The van der Waals surface area contributed by atoms with Crippen molar-refractivity contribution in [2.45, 2.75) is 65.0 Å². The predicted octanol–water partition coefficient (Wildman–Crippen LogP) is 4.12. The number of carbonyl (C=O) groups excluding carboxylic acids is 2. The van der Waals surface area contributed by atoms with Crippen LogP contribution in [0, 0.1) is 5.41 Å². The normalized spacial score (nSPS) is 20.3. The molecule has 0 aromatic heterocycles. The van der Waals surface area contributed by atoms with Gasteiger partial charge in [0.05, 0.1) is 12.5 Å². The Kier molecular flexibility index (Phi) is 7.45. The van der Waals surface area contributed by atoms with Gasteiger partial charge >= 0.3 is 5.97 Å². The Bertz CT molecular complexity index is 655. The number of rotatable bonds is 7. The molecular weight excluding hydrogens is 342 g/mol. The minimum absolute atomic E-state index is 0.0358. The summed E-state index contributed by atoms with van der Waals surface area (Å²) >= 11 is 0. The number of ether oxygens (including phenoxy) is 2. The number of esters is 1. The van der Waals surface area contributed by atoms with Gasteiger partial charge in [-0.15, -0.1) is 0 Å². The molecule has 1 aromatic rings. The second kappa shape index (κ2) is 9.58. The molecule has 0 saturated heterocycles. The molecule has 0 bridgehead atoms. The van der Waals surface area contributed by atoms with Crippen LogP contribution < -0.4 is 10.1 Å². The Morgan fingerprint density at radius 3 is 2.33 bits per heavy atom. The summed E-state index contributed by atoms with van der Waals surface area (Å²) in [6.45, 7) is 5.82. The zero-order valence-corrected chi connectivity index (χ0v) is 16.8. The van der Waals surface area contributed by atoms with Gasteiger partial charge in [0.25, 0.3) is 0 Å². The molecule has 0 atom stereocenters. The standard InChI is InChI=1S/C22H31NO4/c1-5-22(2,3)21(25)27-19-13-9-17(10-14-19)23-20(24)15-8-16-6-11-18(26-4)12-7-16/h6-8,11-12,15,17,19H,5,9-10,13-14H2,1-4H3,(H,23,24)/b15-8+. The van der Waals surface area contributed by atoms with Crippen LogP contribution in [0.4, 0.5) is 0 Å². The number of carbonyl (C=O) groups is 2. The molecule has 1 aliphatic rings. The SMILES string of the molecule is CCC(C)(C)C(=O)OC1CCC(NC(=O)/C=C/c2ccc(OC)cc2)CC1. The van der Waals surface area contributed by atoms with Crippen molar-refractivity contribution in [1.82, 2.24) is 5.32 Å². The van der Waals surface area contributed by atoms with Crippen molar-refractivity contribution in [2.24, 2.45) is 5.41 Å². The lowest BCUT2D eigenvalue weighted by molar-refractivity contribution is -0.161. The third kappa shape index (κ3) is 6.42. The highest BCUT2D eigenvalue weighted by Crippen LogP contribution is 2.27. The summed E-state index contributed by atoms with van der Waals surface area (Å²) in [6.07, 6.45) is 7.30. The van der Waals surface area contributed by atoms with E-state index in [4.69, 9.17) is 9.47 Å². The minimum Gasteiger partial charge on any atom is -0.497 e. The van der Waals surface area contributed by atoms with Gasteiger partial charge in [-0.2, -0.15) is 0 Å². The molecule has 1 aromatic carbocycles. The number of hydrogen-bond acceptors (Lipinski definition) is 4. The van der Waals surface area contributed by atoms with Gasteiger partial charge in [-0.25, -0.2) is 0 Å². The first kappa shape index (κ1) is 21.0. The maximum Gasteiger partial charge on any atom is 0.311 e. The van der Waals surface area contributed by atoms with E-state index in [2.05, 4.69) is 5.32 Å². The molecule has 1 aliphatic carbocycles. The van der Waals surface area contributed by atoms with Crippen LogP contribution in [0.3, 0.4) is 0 Å². The van der Waals surface area contributed by atoms with Crippen LogP contribution in [0.5, 0.6) is 5.75 Å². The van der Waals surface area contributed by atoms with Crippen molar-refractivity contribution in [3.05, 3.63) is 35.9 Å². The smallest absolute Gasteiger partial charge is 0.311 e. The first-order valence-electron chi connectivity index (χ1n) is 9.67. The molecule has 148 valence electrons. The van der Waals surface area contributed by atoms with Crippen LogP contribution in [0.25, 0.3) is 6.08 Å². The average Bonchev–Trinajstić information content (AvgIpc) is 2.68. The van der Waals surface area contributed by atoms with Crippen molar-refractivity contribution in [3.63, 3.8) is 0 Å². The van der Waals surface area contributed by atoms with E-state index in [0.717, 1.165) is 43.4 Å². The topological polar surface area (TPSA) is 64.6 Å². The molecule has 5 heteroatoms. The van der Waals surface area contributed by atoms with E-state index in [1.165, 1.54) is 0 Å². The summed E-state index contributed by atoms with van der Waals surface area (Å²) in [7, 11) is 1.62. The molecule has 0 aliphatic heterocycles. The predicted molar refractivity (Wildman–Crippen MR) is 106 cm³/mol. The largest absolute Gasteiger partial charge is 0.497 e. The number of methoxy groups -OCH3 is 1. The highest BCUT2D eigenvalue weighted by molar-refractivity contribution is 5.91. The molecule has 0 radical (unpaired) electrons. The fraction of sp³-hybridized carbons (Fsp3) is 0.545. The monoisotopic (exact) mass is 373 g/mol. The number of amides is 1. The number of benzene rings is 1. The summed E-state index contributed by atoms with van der Waals surface area (Å²) in [5.74, 6) is 0.565. The fourth-order valence-corrected chi connectivity index (χ4v) is 2.92. The van der Waals surface area contributed by atoms with Crippen LogP contribution >= 0.6 is 0 Å². The van der Waals surface area contributed by atoms with E-state index in [-0.39, 0.29) is 24.0 Å². The maximum atomic E-state index is 12.2. The van der Waals surface area contributed by atoms with E-state index < -0.39 is 5.41 Å². The van der Waals surface area contributed by atoms with Crippen molar-refractivity contribution in [3.8, 4) is 5.75 Å². The fourth-order valence-electron chi connectivity index (χ4n) is 2.92. The van der Waals surface area contributed by atoms with Gasteiger partial charge in [-0.3, -0.25) is 9.59 Å². The van der Waals surface area contributed by atoms with E-state index in [1.807, 2.05) is 45.0 Å². The highest BCUT2D eigenvalue weighted by atomic mass is 16.5. The van der Waals surface area contributed by atoms with Crippen LogP contribution in [-0.4, -0.2) is 31.1 Å². The lowest BCUT2D eigenvalue weighted by atomic mass is 9.89. The van der Waals surface area contributed by atoms with Gasteiger partial charge in [0.2, 0.25) is 5.91 Å². The third-order valence-electron chi connectivity index (χ3n) is 5.27. The van der Waals surface area contributed by atoms with Crippen molar-refractivity contribution in [2.75, 3.05) is 7.11 Å². The van der Waals surface area contributed by atoms with Crippen LogP contribution in [0.2, 0.25) is 0 Å². The average molecular weight is 373 g/mol. The second-order valence-electron chi connectivity index (χ2n) is 7.73. The van der Waals surface area contributed by atoms with Gasteiger partial charge in [0.1, 0.15) is 11.9 Å². The highest BCUT2D eigenvalue weighted by Gasteiger charge is 2.31. The first-order valence-corrected chi connectivity index (χ1v) is 9.67. The Morgan fingerprint density at radius 2 is 1.78 bits per heavy atom. The molecule has 0 heterocycles. The summed E-state index contributed by atoms with van der Waals surface area (Å²) in [5, 5.41) is 3.04. The third-order valence-corrected chi connectivity index (χ3v) is 5.27. The number of nitrogens with one attached hydrogen (secondary N) is 1. The number of hydrogen-bond donors (Lipinski definition) is 1. The molecule has 1 saturated carbocycles. The van der Waals surface area contributed by atoms with Crippen molar-refractivity contribution < 1.29 is 19.1 Å². The molecule has 2 rings (SSSR count). The molecule has 5 nitrogen and oxygen atoms in total. The lowest BCUT2D eigenvalue weighted by Crippen LogP contribution is -2.39. The quantitative estimate of drug-likeness (QED) is 0.577. The minimum atomic E-state index is -0.433. The van der Waals surface area contributed by atoms with E-state index in [9.17, 15) is 9.59 Å². The molecule has 1 N–H and O–H groups in total. The van der Waals surface area contributed by atoms with E-state index in [0.29, 0.717) is 0 Å². The van der Waals surface area contributed by atoms with Crippen LogP contribution in [-0.2, 0) is 14.3 Å². The van der Waals surface area contributed by atoms with E-state index >= 15 is 0 Å². The van der Waals surface area contributed by atoms with Gasteiger partial charge in [-0.1, -0.05) is 19.1 Å². The zero-order chi connectivity index (χ0) is 19.9. The molecule has 0 unspecified atom stereocenters. The Balaban J connectivity index is 1.75. The molecule has 1 fully saturated rings. The lowest BCUT2D eigenvalue weighted by Gasteiger charge is -2.31. The summed E-state index contributed by atoms with van der Waals surface area (Å²) in [6, 6.07) is 7.66. The molecule has 27 heavy (non-hydrogen) atoms. The summed E-state index contributed by atoms with van der Waals surface area (Å²) in [4.78, 5) is 24.3. The zero-order valence-electron chi connectivity index (χ0n) is 16.8.